The first kappa shape index (κ1) is 16.7. The average molecular weight is 309 g/mol. The van der Waals surface area contributed by atoms with Crippen molar-refractivity contribution in [1.29, 1.82) is 0 Å². The number of carbonyl (C=O) groups excluding carboxylic acids is 1. The van der Waals surface area contributed by atoms with Gasteiger partial charge in [0.1, 0.15) is 5.82 Å². The minimum atomic E-state index is -0.251. The third-order valence-electron chi connectivity index (χ3n) is 3.85. The lowest BCUT2D eigenvalue weighted by Crippen LogP contribution is -2.46. The van der Waals surface area contributed by atoms with Crippen molar-refractivity contribution in [1.82, 2.24) is 25.4 Å². The van der Waals surface area contributed by atoms with Crippen LogP contribution in [-0.2, 0) is 13.0 Å². The molecule has 7 nitrogen and oxygen atoms in total. The van der Waals surface area contributed by atoms with Crippen molar-refractivity contribution < 1.29 is 9.90 Å². The lowest BCUT2D eigenvalue weighted by molar-refractivity contribution is 0.202. The SMILES string of the molecule is CCc1nc2n(n1)CCCC2NC(=O)NC(CO)CC(C)C. The second kappa shape index (κ2) is 7.58. The molecule has 2 rings (SSSR count). The van der Waals surface area contributed by atoms with Crippen molar-refractivity contribution in [3.63, 3.8) is 0 Å². The lowest BCUT2D eigenvalue weighted by Gasteiger charge is -2.25. The maximum Gasteiger partial charge on any atom is 0.315 e. The summed E-state index contributed by atoms with van der Waals surface area (Å²) in [6, 6.07) is -0.577. The van der Waals surface area contributed by atoms with Gasteiger partial charge < -0.3 is 15.7 Å². The topological polar surface area (TPSA) is 92.1 Å². The van der Waals surface area contributed by atoms with Gasteiger partial charge in [-0.05, 0) is 25.2 Å². The smallest absolute Gasteiger partial charge is 0.315 e. The predicted octanol–water partition coefficient (Wildman–Crippen LogP) is 1.38. The molecule has 7 heteroatoms. The van der Waals surface area contributed by atoms with Crippen molar-refractivity contribution in [2.24, 2.45) is 5.92 Å². The lowest BCUT2D eigenvalue weighted by atomic mass is 10.0. The number of amides is 2. The van der Waals surface area contributed by atoms with E-state index in [1.54, 1.807) is 0 Å². The van der Waals surface area contributed by atoms with Crippen LogP contribution in [0.1, 0.15) is 57.7 Å². The largest absolute Gasteiger partial charge is 0.394 e. The molecular formula is C15H27N5O2. The molecule has 0 radical (unpaired) electrons. The van der Waals surface area contributed by atoms with E-state index in [2.05, 4.69) is 34.6 Å². The Morgan fingerprint density at radius 2 is 2.27 bits per heavy atom. The zero-order valence-electron chi connectivity index (χ0n) is 13.7. The summed E-state index contributed by atoms with van der Waals surface area (Å²) in [5.74, 6) is 2.07. The summed E-state index contributed by atoms with van der Waals surface area (Å²) in [5, 5.41) is 19.6. The van der Waals surface area contributed by atoms with Crippen molar-refractivity contribution in [3.8, 4) is 0 Å². The molecule has 22 heavy (non-hydrogen) atoms. The molecule has 3 N–H and O–H groups in total. The van der Waals surface area contributed by atoms with Crippen LogP contribution in [0.3, 0.4) is 0 Å². The first-order chi connectivity index (χ1) is 10.5. The van der Waals surface area contributed by atoms with Crippen LogP contribution in [0, 0.1) is 5.92 Å². The summed E-state index contributed by atoms with van der Waals surface area (Å²) < 4.78 is 1.89. The molecule has 0 aliphatic carbocycles. The van der Waals surface area contributed by atoms with E-state index >= 15 is 0 Å². The Balaban J connectivity index is 1.96. The van der Waals surface area contributed by atoms with Gasteiger partial charge in [-0.25, -0.2) is 14.5 Å². The van der Waals surface area contributed by atoms with Gasteiger partial charge in [0.2, 0.25) is 0 Å². The van der Waals surface area contributed by atoms with E-state index in [9.17, 15) is 9.90 Å². The number of nitrogens with one attached hydrogen (secondary N) is 2. The molecule has 1 aromatic heterocycles. The van der Waals surface area contributed by atoms with Crippen LogP contribution in [-0.4, -0.2) is 38.6 Å². The van der Waals surface area contributed by atoms with E-state index in [1.165, 1.54) is 0 Å². The molecule has 0 spiro atoms. The first-order valence-electron chi connectivity index (χ1n) is 8.15. The third-order valence-corrected chi connectivity index (χ3v) is 3.85. The number of fused-ring (bicyclic) bond motifs is 1. The van der Waals surface area contributed by atoms with Crippen LogP contribution in [0.25, 0.3) is 0 Å². The summed E-state index contributed by atoms with van der Waals surface area (Å²) >= 11 is 0. The Bertz CT molecular complexity index is 500. The molecule has 1 aliphatic rings. The summed E-state index contributed by atoms with van der Waals surface area (Å²) in [6.07, 6.45) is 3.38. The molecule has 2 heterocycles. The van der Waals surface area contributed by atoms with Crippen LogP contribution in [0.4, 0.5) is 4.79 Å². The normalized spacial score (nSPS) is 18.9. The third kappa shape index (κ3) is 4.19. The number of rotatable bonds is 6. The second-order valence-electron chi connectivity index (χ2n) is 6.28. The Kier molecular flexibility index (Phi) is 5.76. The van der Waals surface area contributed by atoms with Crippen molar-refractivity contribution in [2.45, 2.75) is 65.1 Å². The number of hydrogen-bond acceptors (Lipinski definition) is 4. The highest BCUT2D eigenvalue weighted by Crippen LogP contribution is 2.23. The monoisotopic (exact) mass is 309 g/mol. The zero-order valence-corrected chi connectivity index (χ0v) is 13.7. The molecule has 2 amide bonds. The van der Waals surface area contributed by atoms with Crippen molar-refractivity contribution in [2.75, 3.05) is 6.61 Å². The highest BCUT2D eigenvalue weighted by Gasteiger charge is 2.26. The molecule has 0 saturated carbocycles. The maximum absolute atomic E-state index is 12.2. The predicted molar refractivity (Wildman–Crippen MR) is 83.4 cm³/mol. The highest BCUT2D eigenvalue weighted by molar-refractivity contribution is 5.74. The quantitative estimate of drug-likeness (QED) is 0.740. The van der Waals surface area contributed by atoms with Gasteiger partial charge in [-0.1, -0.05) is 20.8 Å². The molecule has 2 atom stereocenters. The zero-order chi connectivity index (χ0) is 16.1. The fraction of sp³-hybridized carbons (Fsp3) is 0.800. The van der Waals surface area contributed by atoms with Gasteiger partial charge in [0.25, 0.3) is 0 Å². The molecule has 124 valence electrons. The van der Waals surface area contributed by atoms with Crippen LogP contribution in [0.5, 0.6) is 0 Å². The van der Waals surface area contributed by atoms with E-state index in [1.807, 2.05) is 11.6 Å². The Labute approximate surface area is 131 Å². The first-order valence-corrected chi connectivity index (χ1v) is 8.15. The minimum Gasteiger partial charge on any atom is -0.394 e. The van der Waals surface area contributed by atoms with E-state index < -0.39 is 0 Å². The molecule has 1 aliphatic heterocycles. The average Bonchev–Trinajstić information content (AvgIpc) is 2.90. The Hall–Kier alpha value is -1.63. The Morgan fingerprint density at radius 1 is 1.50 bits per heavy atom. The van der Waals surface area contributed by atoms with Gasteiger partial charge in [0, 0.05) is 13.0 Å². The molecule has 1 aromatic rings. The molecular weight excluding hydrogens is 282 g/mol. The highest BCUT2D eigenvalue weighted by atomic mass is 16.3. The second-order valence-corrected chi connectivity index (χ2v) is 6.28. The van der Waals surface area contributed by atoms with Gasteiger partial charge in [0.15, 0.2) is 5.82 Å². The number of aromatic nitrogens is 3. The van der Waals surface area contributed by atoms with Gasteiger partial charge >= 0.3 is 6.03 Å². The minimum absolute atomic E-state index is 0.0492. The van der Waals surface area contributed by atoms with E-state index in [-0.39, 0.29) is 24.7 Å². The van der Waals surface area contributed by atoms with Crippen LogP contribution < -0.4 is 10.6 Å². The van der Waals surface area contributed by atoms with Gasteiger partial charge in [0.05, 0.1) is 18.7 Å². The molecule has 0 bridgehead atoms. The number of aliphatic hydroxyl groups excluding tert-OH is 1. The van der Waals surface area contributed by atoms with Crippen molar-refractivity contribution >= 4 is 6.03 Å². The molecule has 0 saturated heterocycles. The number of carbonyl (C=O) groups is 1. The summed E-state index contributed by atoms with van der Waals surface area (Å²) in [6.45, 7) is 6.96. The summed E-state index contributed by atoms with van der Waals surface area (Å²) in [4.78, 5) is 16.7. The molecule has 0 fully saturated rings. The van der Waals surface area contributed by atoms with Crippen LogP contribution >= 0.6 is 0 Å². The summed E-state index contributed by atoms with van der Waals surface area (Å²) in [5.41, 5.74) is 0. The number of nitrogens with zero attached hydrogens (tertiary/aromatic N) is 3. The van der Waals surface area contributed by atoms with Gasteiger partial charge in [-0.3, -0.25) is 0 Å². The maximum atomic E-state index is 12.2. The number of urea groups is 1. The standard InChI is InChI=1S/C15H27N5O2/c1-4-13-18-14-12(6-5-7-20(14)19-13)17-15(22)16-11(9-21)8-10(2)3/h10-12,21H,4-9H2,1-3H3,(H2,16,17,22). The molecule has 2 unspecified atom stereocenters. The van der Waals surface area contributed by atoms with Crippen LogP contribution in [0.2, 0.25) is 0 Å². The molecule has 0 aromatic carbocycles. The Morgan fingerprint density at radius 3 is 2.91 bits per heavy atom. The fourth-order valence-corrected chi connectivity index (χ4v) is 2.82. The van der Waals surface area contributed by atoms with Crippen molar-refractivity contribution in [3.05, 3.63) is 11.6 Å². The van der Waals surface area contributed by atoms with E-state index in [0.29, 0.717) is 5.92 Å². The van der Waals surface area contributed by atoms with Gasteiger partial charge in [-0.2, -0.15) is 5.10 Å². The number of hydrogen-bond donors (Lipinski definition) is 3. The fourth-order valence-electron chi connectivity index (χ4n) is 2.82. The summed E-state index contributed by atoms with van der Waals surface area (Å²) in [7, 11) is 0. The van der Waals surface area contributed by atoms with Crippen LogP contribution in [0.15, 0.2) is 0 Å². The van der Waals surface area contributed by atoms with Gasteiger partial charge in [-0.15, -0.1) is 0 Å². The number of aryl methyl sites for hydroxylation is 2. The number of aliphatic hydroxyl groups is 1. The van der Waals surface area contributed by atoms with E-state index in [4.69, 9.17) is 0 Å². The van der Waals surface area contributed by atoms with E-state index in [0.717, 1.165) is 43.9 Å².